The number of anilines is 1. The molecule has 92 valence electrons. The van der Waals surface area contributed by atoms with Crippen LogP contribution in [0.25, 0.3) is 0 Å². The van der Waals surface area contributed by atoms with Gasteiger partial charge in [-0.1, -0.05) is 17.7 Å². The van der Waals surface area contributed by atoms with Crippen molar-refractivity contribution in [2.24, 2.45) is 0 Å². The van der Waals surface area contributed by atoms with E-state index < -0.39 is 0 Å². The first-order chi connectivity index (χ1) is 8.70. The molecule has 0 saturated heterocycles. The molecule has 2 rings (SSSR count). The number of amides is 1. The van der Waals surface area contributed by atoms with E-state index in [1.165, 1.54) is 0 Å². The van der Waals surface area contributed by atoms with E-state index in [9.17, 15) is 4.79 Å². The van der Waals surface area contributed by atoms with Gasteiger partial charge in [0.25, 0.3) is 5.91 Å². The van der Waals surface area contributed by atoms with Crippen LogP contribution in [0.15, 0.2) is 47.5 Å². The van der Waals surface area contributed by atoms with Crippen molar-refractivity contribution in [1.82, 2.24) is 4.98 Å². The molecule has 1 heterocycles. The average Bonchev–Trinajstić information content (AvgIpc) is 2.39. The van der Waals surface area contributed by atoms with Gasteiger partial charge >= 0.3 is 0 Å². The largest absolute Gasteiger partial charge is 0.322 e. The second-order valence-corrected chi connectivity index (χ2v) is 4.77. The van der Waals surface area contributed by atoms with Gasteiger partial charge in [0, 0.05) is 16.8 Å². The normalized spacial score (nSPS) is 10.1. The van der Waals surface area contributed by atoms with Crippen molar-refractivity contribution in [3.05, 3.63) is 53.3 Å². The zero-order valence-corrected chi connectivity index (χ0v) is 11.3. The van der Waals surface area contributed by atoms with Gasteiger partial charge in [-0.25, -0.2) is 4.98 Å². The molecular formula is C13H11ClN2OS. The molecule has 2 aromatic rings. The van der Waals surface area contributed by atoms with Crippen molar-refractivity contribution in [1.29, 1.82) is 0 Å². The lowest BCUT2D eigenvalue weighted by atomic mass is 10.2. The van der Waals surface area contributed by atoms with Crippen LogP contribution in [0.1, 0.15) is 10.4 Å². The van der Waals surface area contributed by atoms with Gasteiger partial charge in [0.2, 0.25) is 0 Å². The fraction of sp³-hybridized carbons (Fsp3) is 0.0769. The molecule has 0 radical (unpaired) electrons. The number of benzene rings is 1. The number of hydrogen-bond acceptors (Lipinski definition) is 3. The fourth-order valence-corrected chi connectivity index (χ4v) is 2.12. The predicted molar refractivity (Wildman–Crippen MR) is 75.4 cm³/mol. The molecule has 18 heavy (non-hydrogen) atoms. The average molecular weight is 279 g/mol. The molecule has 0 bridgehead atoms. The third-order valence-electron chi connectivity index (χ3n) is 2.33. The summed E-state index contributed by atoms with van der Waals surface area (Å²) in [5.41, 5.74) is 1.11. The Labute approximate surface area is 115 Å². The van der Waals surface area contributed by atoms with E-state index in [1.54, 1.807) is 30.1 Å². The highest BCUT2D eigenvalue weighted by molar-refractivity contribution is 7.98. The quantitative estimate of drug-likeness (QED) is 0.687. The van der Waals surface area contributed by atoms with Crippen LogP contribution >= 0.6 is 23.4 Å². The molecule has 0 aliphatic heterocycles. The Morgan fingerprint density at radius 3 is 2.89 bits per heavy atom. The molecule has 0 saturated carbocycles. The van der Waals surface area contributed by atoms with Crippen molar-refractivity contribution >= 4 is 35.0 Å². The molecule has 5 heteroatoms. The van der Waals surface area contributed by atoms with Crippen molar-refractivity contribution in [3.63, 3.8) is 0 Å². The van der Waals surface area contributed by atoms with Gasteiger partial charge in [-0.05, 0) is 36.6 Å². The van der Waals surface area contributed by atoms with Crippen LogP contribution in [0, 0.1) is 0 Å². The topological polar surface area (TPSA) is 42.0 Å². The van der Waals surface area contributed by atoms with Crippen LogP contribution in [-0.4, -0.2) is 17.1 Å². The Morgan fingerprint density at radius 2 is 2.17 bits per heavy atom. The monoisotopic (exact) mass is 278 g/mol. The van der Waals surface area contributed by atoms with Gasteiger partial charge in [0.1, 0.15) is 5.15 Å². The third kappa shape index (κ3) is 3.03. The Kier molecular flexibility index (Phi) is 4.23. The van der Waals surface area contributed by atoms with Crippen LogP contribution in [0.2, 0.25) is 5.15 Å². The Morgan fingerprint density at radius 1 is 1.33 bits per heavy atom. The zero-order chi connectivity index (χ0) is 13.0. The summed E-state index contributed by atoms with van der Waals surface area (Å²) >= 11 is 7.49. The van der Waals surface area contributed by atoms with Gasteiger partial charge < -0.3 is 5.32 Å². The van der Waals surface area contributed by atoms with Crippen LogP contribution in [0.4, 0.5) is 5.69 Å². The summed E-state index contributed by atoms with van der Waals surface area (Å²) in [6.45, 7) is 0. The molecule has 0 unspecified atom stereocenters. The van der Waals surface area contributed by atoms with Crippen LogP contribution in [0.3, 0.4) is 0 Å². The van der Waals surface area contributed by atoms with Gasteiger partial charge in [0.15, 0.2) is 0 Å². The first-order valence-corrected chi connectivity index (χ1v) is 6.87. The van der Waals surface area contributed by atoms with E-state index in [1.807, 2.05) is 30.5 Å². The standard InChI is InChI=1S/C13H11ClN2OS/c1-18-10-5-2-4-9(8-10)16-13(17)11-6-3-7-15-12(11)14/h2-8H,1H3,(H,16,17). The highest BCUT2D eigenvalue weighted by Crippen LogP contribution is 2.20. The summed E-state index contributed by atoms with van der Waals surface area (Å²) < 4.78 is 0. The highest BCUT2D eigenvalue weighted by Gasteiger charge is 2.10. The Hall–Kier alpha value is -1.52. The first-order valence-electron chi connectivity index (χ1n) is 5.26. The van der Waals surface area contributed by atoms with Crippen LogP contribution in [-0.2, 0) is 0 Å². The summed E-state index contributed by atoms with van der Waals surface area (Å²) in [6.07, 6.45) is 3.53. The van der Waals surface area contributed by atoms with E-state index >= 15 is 0 Å². The summed E-state index contributed by atoms with van der Waals surface area (Å²) in [5, 5.41) is 3.00. The second kappa shape index (κ2) is 5.89. The lowest BCUT2D eigenvalue weighted by Crippen LogP contribution is -2.12. The number of pyridine rings is 1. The molecule has 0 spiro atoms. The molecule has 1 aromatic carbocycles. The maximum atomic E-state index is 12.0. The third-order valence-corrected chi connectivity index (χ3v) is 3.36. The minimum absolute atomic E-state index is 0.205. The number of rotatable bonds is 3. The molecule has 0 aliphatic carbocycles. The number of nitrogens with zero attached hydrogens (tertiary/aromatic N) is 1. The summed E-state index contributed by atoms with van der Waals surface area (Å²) in [6, 6.07) is 10.9. The molecule has 1 amide bonds. The molecule has 1 aromatic heterocycles. The molecule has 0 aliphatic rings. The molecule has 1 N–H and O–H groups in total. The smallest absolute Gasteiger partial charge is 0.258 e. The fourth-order valence-electron chi connectivity index (χ4n) is 1.45. The van der Waals surface area contributed by atoms with E-state index in [0.717, 1.165) is 10.6 Å². The molecule has 3 nitrogen and oxygen atoms in total. The lowest BCUT2D eigenvalue weighted by Gasteiger charge is -2.07. The predicted octanol–water partition coefficient (Wildman–Crippen LogP) is 3.71. The number of carbonyl (C=O) groups is 1. The number of thioether (sulfide) groups is 1. The maximum absolute atomic E-state index is 12.0. The van der Waals surface area contributed by atoms with Gasteiger partial charge in [-0.2, -0.15) is 0 Å². The molecule has 0 fully saturated rings. The van der Waals surface area contributed by atoms with Crippen molar-refractivity contribution in [2.75, 3.05) is 11.6 Å². The molecule has 0 atom stereocenters. The number of nitrogens with one attached hydrogen (secondary N) is 1. The number of halogens is 1. The van der Waals surface area contributed by atoms with Crippen molar-refractivity contribution in [2.45, 2.75) is 4.90 Å². The molecular weight excluding hydrogens is 268 g/mol. The van der Waals surface area contributed by atoms with Crippen LogP contribution < -0.4 is 5.32 Å². The number of hydrogen-bond donors (Lipinski definition) is 1. The zero-order valence-electron chi connectivity index (χ0n) is 9.68. The van der Waals surface area contributed by atoms with Crippen LogP contribution in [0.5, 0.6) is 0 Å². The number of aromatic nitrogens is 1. The Bertz CT molecular complexity index is 574. The second-order valence-electron chi connectivity index (χ2n) is 3.53. The lowest BCUT2D eigenvalue weighted by molar-refractivity contribution is 0.102. The Balaban J connectivity index is 2.19. The SMILES string of the molecule is CSc1cccc(NC(=O)c2cccnc2Cl)c1. The van der Waals surface area contributed by atoms with E-state index in [-0.39, 0.29) is 11.1 Å². The maximum Gasteiger partial charge on any atom is 0.258 e. The van der Waals surface area contributed by atoms with Crippen molar-refractivity contribution in [3.8, 4) is 0 Å². The van der Waals surface area contributed by atoms with E-state index in [0.29, 0.717) is 5.56 Å². The van der Waals surface area contributed by atoms with E-state index in [4.69, 9.17) is 11.6 Å². The van der Waals surface area contributed by atoms with Gasteiger partial charge in [-0.15, -0.1) is 11.8 Å². The minimum atomic E-state index is -0.258. The van der Waals surface area contributed by atoms with Crippen molar-refractivity contribution < 1.29 is 4.79 Å². The minimum Gasteiger partial charge on any atom is -0.322 e. The summed E-state index contributed by atoms with van der Waals surface area (Å²) in [5.74, 6) is -0.258. The highest BCUT2D eigenvalue weighted by atomic mass is 35.5. The summed E-state index contributed by atoms with van der Waals surface area (Å²) in [7, 11) is 0. The first kappa shape index (κ1) is 12.9. The number of carbonyl (C=O) groups excluding carboxylic acids is 1. The van der Waals surface area contributed by atoms with E-state index in [2.05, 4.69) is 10.3 Å². The summed E-state index contributed by atoms with van der Waals surface area (Å²) in [4.78, 5) is 17.0. The van der Waals surface area contributed by atoms with Gasteiger partial charge in [-0.3, -0.25) is 4.79 Å². The van der Waals surface area contributed by atoms with Gasteiger partial charge in [0.05, 0.1) is 5.56 Å².